The van der Waals surface area contributed by atoms with Crippen LogP contribution in [0.25, 0.3) is 11.5 Å². The standard InChI is InChI=1S/C17H14FN3O2S2/c1-24-14-5-3-2-4-13(14)19-15(22)10-25-17-21-20-16(23-17)11-6-8-12(18)9-7-11/h2-9H,10H2,1H3,(H,19,22). The molecule has 3 rings (SSSR count). The number of carbonyl (C=O) groups excluding carboxylic acids is 1. The molecule has 25 heavy (non-hydrogen) atoms. The average molecular weight is 375 g/mol. The molecule has 0 aliphatic heterocycles. The summed E-state index contributed by atoms with van der Waals surface area (Å²) in [5, 5.41) is 11.0. The molecule has 0 bridgehead atoms. The molecule has 0 saturated carbocycles. The first-order chi connectivity index (χ1) is 12.2. The normalized spacial score (nSPS) is 10.6. The fraction of sp³-hybridized carbons (Fsp3) is 0.118. The number of halogens is 1. The van der Waals surface area contributed by atoms with Gasteiger partial charge in [0.25, 0.3) is 5.22 Å². The van der Waals surface area contributed by atoms with E-state index < -0.39 is 0 Å². The Hall–Kier alpha value is -2.32. The Bertz CT molecular complexity index is 868. The lowest BCUT2D eigenvalue weighted by molar-refractivity contribution is -0.113. The second-order valence-electron chi connectivity index (χ2n) is 4.92. The Balaban J connectivity index is 1.58. The first kappa shape index (κ1) is 17.5. The van der Waals surface area contributed by atoms with E-state index in [-0.39, 0.29) is 28.6 Å². The van der Waals surface area contributed by atoms with Crippen molar-refractivity contribution >= 4 is 35.1 Å². The van der Waals surface area contributed by atoms with Crippen LogP contribution in [0.2, 0.25) is 0 Å². The smallest absolute Gasteiger partial charge is 0.277 e. The van der Waals surface area contributed by atoms with Crippen LogP contribution >= 0.6 is 23.5 Å². The minimum Gasteiger partial charge on any atom is -0.411 e. The summed E-state index contributed by atoms with van der Waals surface area (Å²) in [5.41, 5.74) is 1.40. The van der Waals surface area contributed by atoms with Crippen LogP contribution in [-0.4, -0.2) is 28.1 Å². The fourth-order valence-corrected chi connectivity index (χ4v) is 3.16. The predicted octanol–water partition coefficient (Wildman–Crippen LogP) is 4.33. The van der Waals surface area contributed by atoms with Crippen molar-refractivity contribution in [3.63, 3.8) is 0 Å². The maximum Gasteiger partial charge on any atom is 0.277 e. The summed E-state index contributed by atoms with van der Waals surface area (Å²) >= 11 is 2.71. The number of anilines is 1. The maximum atomic E-state index is 12.9. The van der Waals surface area contributed by atoms with Gasteiger partial charge in [-0.3, -0.25) is 4.79 Å². The molecule has 2 aromatic carbocycles. The lowest BCUT2D eigenvalue weighted by atomic mass is 10.2. The molecule has 0 atom stereocenters. The Morgan fingerprint density at radius 3 is 2.68 bits per heavy atom. The molecular formula is C17H14FN3O2S2. The maximum absolute atomic E-state index is 12.9. The van der Waals surface area contributed by atoms with E-state index in [1.165, 1.54) is 12.1 Å². The van der Waals surface area contributed by atoms with Crippen LogP contribution in [0.1, 0.15) is 0 Å². The largest absolute Gasteiger partial charge is 0.411 e. The van der Waals surface area contributed by atoms with E-state index in [0.717, 1.165) is 22.3 Å². The second-order valence-corrected chi connectivity index (χ2v) is 6.69. The molecule has 0 aliphatic rings. The molecular weight excluding hydrogens is 361 g/mol. The Morgan fingerprint density at radius 1 is 1.16 bits per heavy atom. The van der Waals surface area contributed by atoms with Gasteiger partial charge in [-0.2, -0.15) is 0 Å². The molecule has 0 aliphatic carbocycles. The van der Waals surface area contributed by atoms with Gasteiger partial charge in [0, 0.05) is 10.5 Å². The van der Waals surface area contributed by atoms with Crippen LogP contribution < -0.4 is 5.32 Å². The molecule has 5 nitrogen and oxygen atoms in total. The van der Waals surface area contributed by atoms with Crippen molar-refractivity contribution in [3.8, 4) is 11.5 Å². The van der Waals surface area contributed by atoms with Crippen molar-refractivity contribution < 1.29 is 13.6 Å². The fourth-order valence-electron chi connectivity index (χ4n) is 2.04. The number of benzene rings is 2. The number of para-hydroxylation sites is 1. The molecule has 0 spiro atoms. The van der Waals surface area contributed by atoms with Gasteiger partial charge in [0.2, 0.25) is 11.8 Å². The highest BCUT2D eigenvalue weighted by Crippen LogP contribution is 2.26. The number of amides is 1. The van der Waals surface area contributed by atoms with Crippen molar-refractivity contribution in [1.29, 1.82) is 0 Å². The number of nitrogens with one attached hydrogen (secondary N) is 1. The van der Waals surface area contributed by atoms with E-state index in [9.17, 15) is 9.18 Å². The Kier molecular flexibility index (Phi) is 5.72. The van der Waals surface area contributed by atoms with Gasteiger partial charge in [0.1, 0.15) is 5.82 Å². The highest BCUT2D eigenvalue weighted by Gasteiger charge is 2.12. The van der Waals surface area contributed by atoms with E-state index in [4.69, 9.17) is 4.42 Å². The third-order valence-electron chi connectivity index (χ3n) is 3.21. The summed E-state index contributed by atoms with van der Waals surface area (Å²) in [5.74, 6) is -0.0583. The molecule has 1 aromatic heterocycles. The van der Waals surface area contributed by atoms with Gasteiger partial charge < -0.3 is 9.73 Å². The zero-order valence-corrected chi connectivity index (χ0v) is 14.9. The molecule has 128 valence electrons. The highest BCUT2D eigenvalue weighted by atomic mass is 32.2. The molecule has 1 N–H and O–H groups in total. The second kappa shape index (κ2) is 8.17. The lowest BCUT2D eigenvalue weighted by Crippen LogP contribution is -2.14. The number of hydrogen-bond acceptors (Lipinski definition) is 6. The van der Waals surface area contributed by atoms with Crippen molar-refractivity contribution in [3.05, 3.63) is 54.3 Å². The number of carbonyl (C=O) groups is 1. The van der Waals surface area contributed by atoms with E-state index in [2.05, 4.69) is 15.5 Å². The highest BCUT2D eigenvalue weighted by molar-refractivity contribution is 7.99. The van der Waals surface area contributed by atoms with Gasteiger partial charge in [-0.1, -0.05) is 23.9 Å². The zero-order chi connectivity index (χ0) is 17.6. The molecule has 0 unspecified atom stereocenters. The van der Waals surface area contributed by atoms with Crippen molar-refractivity contribution in [1.82, 2.24) is 10.2 Å². The minimum atomic E-state index is -0.333. The number of nitrogens with zero attached hydrogens (tertiary/aromatic N) is 2. The molecule has 0 radical (unpaired) electrons. The van der Waals surface area contributed by atoms with Crippen molar-refractivity contribution in [2.75, 3.05) is 17.3 Å². The van der Waals surface area contributed by atoms with Gasteiger partial charge in [-0.05, 0) is 42.7 Å². The quantitative estimate of drug-likeness (QED) is 0.647. The van der Waals surface area contributed by atoms with Crippen LogP contribution in [0.3, 0.4) is 0 Å². The van der Waals surface area contributed by atoms with Crippen LogP contribution in [0, 0.1) is 5.82 Å². The lowest BCUT2D eigenvalue weighted by Gasteiger charge is -2.08. The predicted molar refractivity (Wildman–Crippen MR) is 97.3 cm³/mol. The van der Waals surface area contributed by atoms with E-state index in [0.29, 0.717) is 5.56 Å². The van der Waals surface area contributed by atoms with Crippen LogP contribution in [-0.2, 0) is 4.79 Å². The van der Waals surface area contributed by atoms with Crippen LogP contribution in [0.5, 0.6) is 0 Å². The van der Waals surface area contributed by atoms with Gasteiger partial charge in [0.15, 0.2) is 0 Å². The zero-order valence-electron chi connectivity index (χ0n) is 13.2. The molecule has 1 heterocycles. The monoisotopic (exact) mass is 375 g/mol. The number of aromatic nitrogens is 2. The molecule has 0 saturated heterocycles. The molecule has 8 heteroatoms. The van der Waals surface area contributed by atoms with Gasteiger partial charge in [-0.25, -0.2) is 4.39 Å². The summed E-state index contributed by atoms with van der Waals surface area (Å²) in [6.45, 7) is 0. The van der Waals surface area contributed by atoms with Gasteiger partial charge in [-0.15, -0.1) is 22.0 Å². The topological polar surface area (TPSA) is 68.0 Å². The van der Waals surface area contributed by atoms with Crippen LogP contribution in [0.15, 0.2) is 63.1 Å². The van der Waals surface area contributed by atoms with E-state index in [1.54, 1.807) is 23.9 Å². The number of hydrogen-bond donors (Lipinski definition) is 1. The molecule has 3 aromatic rings. The third-order valence-corrected chi connectivity index (χ3v) is 4.82. The summed E-state index contributed by atoms with van der Waals surface area (Å²) in [6.07, 6.45) is 1.95. The van der Waals surface area contributed by atoms with Crippen LogP contribution in [0.4, 0.5) is 10.1 Å². The Labute approximate surface area is 152 Å². The summed E-state index contributed by atoms with van der Waals surface area (Å²) in [6, 6.07) is 13.4. The van der Waals surface area contributed by atoms with Gasteiger partial charge >= 0.3 is 0 Å². The summed E-state index contributed by atoms with van der Waals surface area (Å²) < 4.78 is 18.4. The molecule has 1 amide bonds. The number of thioether (sulfide) groups is 2. The summed E-state index contributed by atoms with van der Waals surface area (Å²) in [4.78, 5) is 13.1. The average Bonchev–Trinajstić information content (AvgIpc) is 3.10. The van der Waals surface area contributed by atoms with Crippen molar-refractivity contribution in [2.45, 2.75) is 10.1 Å². The first-order valence-electron chi connectivity index (χ1n) is 7.31. The SMILES string of the molecule is CSc1ccccc1NC(=O)CSc1nnc(-c2ccc(F)cc2)o1. The van der Waals surface area contributed by atoms with Crippen molar-refractivity contribution in [2.24, 2.45) is 0 Å². The molecule has 0 fully saturated rings. The first-order valence-corrected chi connectivity index (χ1v) is 9.52. The van der Waals surface area contributed by atoms with E-state index in [1.807, 2.05) is 30.5 Å². The van der Waals surface area contributed by atoms with E-state index >= 15 is 0 Å². The Morgan fingerprint density at radius 2 is 1.92 bits per heavy atom. The minimum absolute atomic E-state index is 0.147. The number of rotatable bonds is 6. The third kappa shape index (κ3) is 4.61. The van der Waals surface area contributed by atoms with Gasteiger partial charge in [0.05, 0.1) is 11.4 Å². The summed E-state index contributed by atoms with van der Waals surface area (Å²) in [7, 11) is 0.